The van der Waals surface area contributed by atoms with E-state index in [-0.39, 0.29) is 29.9 Å². The van der Waals surface area contributed by atoms with Gasteiger partial charge in [0.05, 0.1) is 23.1 Å². The van der Waals surface area contributed by atoms with Gasteiger partial charge in [-0.1, -0.05) is 19.1 Å². The zero-order valence-electron chi connectivity index (χ0n) is 24.2. The van der Waals surface area contributed by atoms with E-state index in [0.717, 1.165) is 18.9 Å². The fraction of sp³-hybridized carbons (Fsp3) is 0.448. The fourth-order valence-electron chi connectivity index (χ4n) is 5.37. The molecule has 242 valence electrons. The molecule has 1 atom stereocenters. The van der Waals surface area contributed by atoms with Crippen LogP contribution in [-0.2, 0) is 12.4 Å². The quantitative estimate of drug-likeness (QED) is 0.314. The average Bonchev–Trinajstić information content (AvgIpc) is 3.31. The normalized spacial score (nSPS) is 18.0. The van der Waals surface area contributed by atoms with Gasteiger partial charge in [0.25, 0.3) is 11.9 Å². The number of hydrogen-bond acceptors (Lipinski definition) is 7. The van der Waals surface area contributed by atoms with Gasteiger partial charge in [0.15, 0.2) is 5.69 Å². The molecule has 0 saturated carbocycles. The Morgan fingerprint density at radius 2 is 1.64 bits per heavy atom. The number of oxazole rings is 1. The van der Waals surface area contributed by atoms with Crippen molar-refractivity contribution < 1.29 is 40.3 Å². The van der Waals surface area contributed by atoms with E-state index in [0.29, 0.717) is 45.0 Å². The first-order chi connectivity index (χ1) is 21.3. The Bertz CT molecular complexity index is 1510. The van der Waals surface area contributed by atoms with Crippen LogP contribution in [0, 0.1) is 5.92 Å². The van der Waals surface area contributed by atoms with Crippen molar-refractivity contribution in [1.82, 2.24) is 14.9 Å². The SMILES string of the molecule is CC1CCCN(c2nc(C(F)(F)F)c(C(=O)Nc3ccc(N4CCCN(C(=O)Nc5ccccc5C(F)(F)F)CC4)nc3)o2)C1. The Morgan fingerprint density at radius 3 is 2.33 bits per heavy atom. The van der Waals surface area contributed by atoms with Gasteiger partial charge in [0, 0.05) is 39.3 Å². The van der Waals surface area contributed by atoms with Crippen LogP contribution in [0.2, 0.25) is 0 Å². The number of benzene rings is 1. The molecule has 0 spiro atoms. The first-order valence-corrected chi connectivity index (χ1v) is 14.4. The summed E-state index contributed by atoms with van der Waals surface area (Å²) in [7, 11) is 0. The van der Waals surface area contributed by atoms with Crippen molar-refractivity contribution in [2.24, 2.45) is 5.92 Å². The van der Waals surface area contributed by atoms with E-state index in [1.807, 2.05) is 11.8 Å². The maximum absolute atomic E-state index is 13.7. The molecule has 2 aliphatic heterocycles. The van der Waals surface area contributed by atoms with Crippen LogP contribution in [-0.4, -0.2) is 66.1 Å². The summed E-state index contributed by atoms with van der Waals surface area (Å²) in [5.74, 6) is -1.34. The lowest BCUT2D eigenvalue weighted by molar-refractivity contribution is -0.141. The number of hydrogen-bond donors (Lipinski definition) is 2. The van der Waals surface area contributed by atoms with Gasteiger partial charge in [-0.05, 0) is 49.4 Å². The summed E-state index contributed by atoms with van der Waals surface area (Å²) in [5, 5.41) is 4.74. The molecule has 16 heteroatoms. The van der Waals surface area contributed by atoms with Crippen LogP contribution in [0.15, 0.2) is 47.0 Å². The molecule has 2 fully saturated rings. The van der Waals surface area contributed by atoms with Gasteiger partial charge in [-0.15, -0.1) is 0 Å². The monoisotopic (exact) mass is 639 g/mol. The average molecular weight is 640 g/mol. The van der Waals surface area contributed by atoms with Gasteiger partial charge < -0.3 is 29.8 Å². The summed E-state index contributed by atoms with van der Waals surface area (Å²) < 4.78 is 86.5. The van der Waals surface area contributed by atoms with E-state index in [1.54, 1.807) is 11.0 Å². The predicted octanol–water partition coefficient (Wildman–Crippen LogP) is 6.34. The van der Waals surface area contributed by atoms with Gasteiger partial charge in [-0.2, -0.15) is 31.3 Å². The highest BCUT2D eigenvalue weighted by Crippen LogP contribution is 2.36. The van der Waals surface area contributed by atoms with Gasteiger partial charge >= 0.3 is 18.4 Å². The van der Waals surface area contributed by atoms with Crippen LogP contribution in [0.1, 0.15) is 48.0 Å². The lowest BCUT2D eigenvalue weighted by Gasteiger charge is -2.29. The summed E-state index contributed by atoms with van der Waals surface area (Å²) in [6.07, 6.45) is -6.04. The number of rotatable bonds is 5. The van der Waals surface area contributed by atoms with Crippen molar-refractivity contribution >= 4 is 35.1 Å². The van der Waals surface area contributed by atoms with Crippen LogP contribution in [0.25, 0.3) is 0 Å². The Morgan fingerprint density at radius 1 is 0.889 bits per heavy atom. The molecule has 45 heavy (non-hydrogen) atoms. The number of carbonyl (C=O) groups is 2. The maximum atomic E-state index is 13.7. The van der Waals surface area contributed by atoms with Crippen LogP contribution in [0.4, 0.5) is 54.3 Å². The van der Waals surface area contributed by atoms with E-state index in [4.69, 9.17) is 4.42 Å². The van der Waals surface area contributed by atoms with Crippen molar-refractivity contribution in [1.29, 1.82) is 0 Å². The molecule has 5 rings (SSSR count). The summed E-state index contributed by atoms with van der Waals surface area (Å²) in [5.41, 5.74) is -2.56. The number of nitrogens with zero attached hydrogens (tertiary/aromatic N) is 5. The molecule has 2 aromatic heterocycles. The molecule has 2 saturated heterocycles. The van der Waals surface area contributed by atoms with Crippen molar-refractivity contribution in [3.63, 3.8) is 0 Å². The minimum Gasteiger partial charge on any atom is -0.417 e. The number of piperidine rings is 1. The molecule has 4 heterocycles. The second kappa shape index (κ2) is 12.9. The Hall–Kier alpha value is -4.50. The van der Waals surface area contributed by atoms with Gasteiger partial charge in [-0.3, -0.25) is 4.79 Å². The first kappa shape index (κ1) is 31.9. The van der Waals surface area contributed by atoms with Crippen LogP contribution in [0.5, 0.6) is 0 Å². The fourth-order valence-corrected chi connectivity index (χ4v) is 5.37. The zero-order chi connectivity index (χ0) is 32.4. The Labute approximate surface area is 254 Å². The van der Waals surface area contributed by atoms with Gasteiger partial charge in [0.1, 0.15) is 5.82 Å². The van der Waals surface area contributed by atoms with Crippen molar-refractivity contribution in [2.75, 3.05) is 59.7 Å². The summed E-state index contributed by atoms with van der Waals surface area (Å²) >= 11 is 0. The molecular weight excluding hydrogens is 608 g/mol. The number of amides is 3. The molecular formula is C29H31F6N7O3. The molecule has 0 bridgehead atoms. The van der Waals surface area contributed by atoms with Gasteiger partial charge in [-0.25, -0.2) is 9.78 Å². The molecule has 3 aromatic rings. The number of aromatic nitrogens is 2. The third kappa shape index (κ3) is 7.60. The second-order valence-electron chi connectivity index (χ2n) is 11.0. The smallest absolute Gasteiger partial charge is 0.417 e. The number of urea groups is 1. The number of anilines is 4. The van der Waals surface area contributed by atoms with Crippen molar-refractivity contribution in [3.05, 3.63) is 59.6 Å². The summed E-state index contributed by atoms with van der Waals surface area (Å²) in [6, 6.07) is 6.86. The highest BCUT2D eigenvalue weighted by Gasteiger charge is 2.42. The van der Waals surface area contributed by atoms with E-state index in [1.165, 1.54) is 35.4 Å². The topological polar surface area (TPSA) is 107 Å². The third-order valence-electron chi connectivity index (χ3n) is 7.61. The van der Waals surface area contributed by atoms with Crippen LogP contribution in [0.3, 0.4) is 0 Å². The highest BCUT2D eigenvalue weighted by molar-refractivity contribution is 6.03. The minimum atomic E-state index is -4.91. The van der Waals surface area contributed by atoms with Crippen molar-refractivity contribution in [3.8, 4) is 0 Å². The maximum Gasteiger partial charge on any atom is 0.437 e. The molecule has 1 unspecified atom stereocenters. The third-order valence-corrected chi connectivity index (χ3v) is 7.61. The zero-order valence-corrected chi connectivity index (χ0v) is 24.2. The van der Waals surface area contributed by atoms with Gasteiger partial charge in [0.2, 0.25) is 5.76 Å². The molecule has 3 amide bonds. The molecule has 0 aliphatic carbocycles. The molecule has 2 N–H and O–H groups in total. The molecule has 10 nitrogen and oxygen atoms in total. The number of para-hydroxylation sites is 1. The minimum absolute atomic E-state index is 0.126. The molecule has 2 aliphatic rings. The van der Waals surface area contributed by atoms with Crippen molar-refractivity contribution in [2.45, 2.75) is 38.5 Å². The summed E-state index contributed by atoms with van der Waals surface area (Å²) in [4.78, 5) is 38.5. The van der Waals surface area contributed by atoms with E-state index in [9.17, 15) is 35.9 Å². The lowest BCUT2D eigenvalue weighted by atomic mass is 10.0. The second-order valence-corrected chi connectivity index (χ2v) is 11.0. The molecule has 1 aromatic carbocycles. The number of carbonyl (C=O) groups excluding carboxylic acids is 2. The van der Waals surface area contributed by atoms with Crippen LogP contribution >= 0.6 is 0 Å². The van der Waals surface area contributed by atoms with E-state index in [2.05, 4.69) is 20.6 Å². The Balaban J connectivity index is 1.21. The standard InChI is InChI=1S/C29H31F6N7O3/c1-18-6-4-11-42(17-18)27-39-24(29(33,34)35)23(45-27)25(43)37-19-9-10-22(36-16-19)40-12-5-13-41(15-14-40)26(44)38-21-8-3-2-7-20(21)28(30,31)32/h2-3,7-10,16,18H,4-6,11-15,17H2,1H3,(H,37,43)(H,38,44). The highest BCUT2D eigenvalue weighted by atomic mass is 19.4. The largest absolute Gasteiger partial charge is 0.437 e. The van der Waals surface area contributed by atoms with Crippen LogP contribution < -0.4 is 20.4 Å². The molecule has 0 radical (unpaired) electrons. The number of nitrogens with one attached hydrogen (secondary N) is 2. The van der Waals surface area contributed by atoms with E-state index < -0.39 is 41.3 Å². The summed E-state index contributed by atoms with van der Waals surface area (Å²) in [6.45, 7) is 4.20. The number of pyridine rings is 1. The van der Waals surface area contributed by atoms with E-state index >= 15 is 0 Å². The Kier molecular flexibility index (Phi) is 9.11. The predicted molar refractivity (Wildman–Crippen MR) is 153 cm³/mol. The lowest BCUT2D eigenvalue weighted by Crippen LogP contribution is -2.38. The first-order valence-electron chi connectivity index (χ1n) is 14.4. The number of halogens is 6. The number of alkyl halides is 6.